The van der Waals surface area contributed by atoms with E-state index in [1.807, 2.05) is 12.1 Å². The van der Waals surface area contributed by atoms with E-state index >= 15 is 4.39 Å². The van der Waals surface area contributed by atoms with E-state index in [4.69, 9.17) is 23.2 Å². The maximum atomic E-state index is 15.0. The topological polar surface area (TPSA) is 95.8 Å². The Balaban J connectivity index is 1.80. The highest BCUT2D eigenvalue weighted by Crippen LogP contribution is 2.28. The maximum absolute atomic E-state index is 15.0. The summed E-state index contributed by atoms with van der Waals surface area (Å²) in [5.41, 5.74) is 11.1. The van der Waals surface area contributed by atoms with E-state index in [9.17, 15) is 0 Å². The van der Waals surface area contributed by atoms with Crippen molar-refractivity contribution in [2.45, 2.75) is 26.8 Å². The molecule has 1 aromatic heterocycles. The third kappa shape index (κ3) is 5.59. The molecule has 7 nitrogen and oxygen atoms in total. The van der Waals surface area contributed by atoms with Crippen LogP contribution < -0.4 is 22.0 Å². The number of hydrogen-bond acceptors (Lipinski definition) is 6. The first-order chi connectivity index (χ1) is 14.4. The number of hydrogen-bond donors (Lipinski definition) is 3. The van der Waals surface area contributed by atoms with E-state index in [-0.39, 0.29) is 17.2 Å². The van der Waals surface area contributed by atoms with Crippen LogP contribution in [-0.4, -0.2) is 41.9 Å². The van der Waals surface area contributed by atoms with Gasteiger partial charge in [0.2, 0.25) is 0 Å². The van der Waals surface area contributed by atoms with Gasteiger partial charge < -0.3 is 10.6 Å². The number of pyridine rings is 1. The molecule has 1 fully saturated rings. The molecule has 0 aliphatic carbocycles. The van der Waals surface area contributed by atoms with E-state index in [2.05, 4.69) is 39.3 Å². The van der Waals surface area contributed by atoms with Crippen LogP contribution in [0.5, 0.6) is 0 Å². The number of benzene rings is 1. The van der Waals surface area contributed by atoms with Crippen molar-refractivity contribution in [1.82, 2.24) is 15.4 Å². The fourth-order valence-corrected chi connectivity index (χ4v) is 3.96. The Labute approximate surface area is 181 Å². The molecule has 0 amide bonds. The smallest absolute Gasteiger partial charge is 0.157 e. The molecule has 3 rings (SSSR count). The number of nitrogens with one attached hydrogen (secondary N) is 1. The first kappa shape index (κ1) is 22.3. The molecule has 1 aromatic carbocycles. The summed E-state index contributed by atoms with van der Waals surface area (Å²) in [6.07, 6.45) is 2.51. The van der Waals surface area contributed by atoms with E-state index in [1.165, 1.54) is 0 Å². The molecule has 0 spiro atoms. The highest BCUT2D eigenvalue weighted by atomic mass is 35.5. The molecule has 30 heavy (non-hydrogen) atoms. The molecule has 0 bridgehead atoms. The van der Waals surface area contributed by atoms with Crippen LogP contribution in [0, 0.1) is 11.7 Å². The second-order valence-corrected chi connectivity index (χ2v) is 8.36. The Morgan fingerprint density at radius 1 is 1.27 bits per heavy atom. The molecule has 0 atom stereocenters. The summed E-state index contributed by atoms with van der Waals surface area (Å²) in [5.74, 6) is 5.34. The van der Waals surface area contributed by atoms with Crippen LogP contribution in [0.1, 0.15) is 30.7 Å². The number of nitrogens with zero attached hydrogens (tertiary/aromatic N) is 4. The fourth-order valence-electron chi connectivity index (χ4n) is 3.78. The van der Waals surface area contributed by atoms with Crippen molar-refractivity contribution in [3.05, 3.63) is 58.1 Å². The lowest BCUT2D eigenvalue weighted by Crippen LogP contribution is -2.46. The minimum absolute atomic E-state index is 0.0339. The van der Waals surface area contributed by atoms with Gasteiger partial charge in [-0.1, -0.05) is 25.4 Å². The average Bonchev–Trinajstić information content (AvgIpc) is 2.68. The number of halogens is 2. The summed E-state index contributed by atoms with van der Waals surface area (Å²) in [7, 11) is 0. The van der Waals surface area contributed by atoms with Gasteiger partial charge in [0.1, 0.15) is 5.82 Å². The monoisotopic (exact) mass is 433 g/mol. The zero-order chi connectivity index (χ0) is 21.7. The zero-order valence-corrected chi connectivity index (χ0v) is 18.2. The average molecular weight is 434 g/mol. The summed E-state index contributed by atoms with van der Waals surface area (Å²) in [5, 5.41) is 4.49. The van der Waals surface area contributed by atoms with Gasteiger partial charge in [-0.2, -0.15) is 0 Å². The molecule has 0 unspecified atom stereocenters. The predicted molar refractivity (Wildman–Crippen MR) is 120 cm³/mol. The van der Waals surface area contributed by atoms with Gasteiger partial charge >= 0.3 is 0 Å². The van der Waals surface area contributed by atoms with Crippen molar-refractivity contribution < 1.29 is 4.39 Å². The van der Waals surface area contributed by atoms with Gasteiger partial charge in [0.05, 0.1) is 16.9 Å². The molecular weight excluding hydrogens is 405 g/mol. The van der Waals surface area contributed by atoms with Gasteiger partial charge in [0.15, 0.2) is 5.84 Å². The highest BCUT2D eigenvalue weighted by Gasteiger charge is 2.24. The van der Waals surface area contributed by atoms with Gasteiger partial charge in [-0.25, -0.2) is 15.8 Å². The lowest BCUT2D eigenvalue weighted by molar-refractivity contribution is 0.247. The second kappa shape index (κ2) is 10.1. The number of rotatable bonds is 7. The largest absolute Gasteiger partial charge is 0.382 e. The molecule has 162 valence electrons. The van der Waals surface area contributed by atoms with E-state index in [1.54, 1.807) is 18.3 Å². The number of hydrazone groups is 1. The number of amidine groups is 1. The summed E-state index contributed by atoms with van der Waals surface area (Å²) < 4.78 is 15.0. The Kier molecular flexibility index (Phi) is 7.47. The van der Waals surface area contributed by atoms with Crippen LogP contribution in [0.15, 0.2) is 35.6 Å². The third-order valence-corrected chi connectivity index (χ3v) is 5.33. The molecule has 1 aliphatic rings. The van der Waals surface area contributed by atoms with Crippen molar-refractivity contribution in [1.29, 1.82) is 0 Å². The van der Waals surface area contributed by atoms with Crippen molar-refractivity contribution >= 4 is 23.1 Å². The predicted octanol–water partition coefficient (Wildman–Crippen LogP) is 2.48. The zero-order valence-electron chi connectivity index (χ0n) is 17.4. The van der Waals surface area contributed by atoms with E-state index in [0.29, 0.717) is 10.9 Å². The van der Waals surface area contributed by atoms with Crippen molar-refractivity contribution in [3.8, 4) is 0 Å². The molecule has 0 saturated carbocycles. The minimum atomic E-state index is -0.384. The van der Waals surface area contributed by atoms with Crippen LogP contribution in [0.4, 0.5) is 10.1 Å². The normalized spacial score (nSPS) is 15.7. The number of nitrogens with two attached hydrogens (primary N) is 2. The van der Waals surface area contributed by atoms with Crippen LogP contribution >= 0.6 is 11.6 Å². The number of piperazine rings is 1. The molecule has 2 heterocycles. The molecule has 1 saturated heterocycles. The Morgan fingerprint density at radius 2 is 2.00 bits per heavy atom. The quantitative estimate of drug-likeness (QED) is 0.269. The third-order valence-electron chi connectivity index (χ3n) is 5.09. The Hall–Kier alpha value is -2.42. The molecule has 2 aromatic rings. The summed E-state index contributed by atoms with van der Waals surface area (Å²) >= 11 is 6.06. The summed E-state index contributed by atoms with van der Waals surface area (Å²) in [4.78, 5) is 8.84. The fraction of sp³-hybridized carbons (Fsp3) is 0.429. The van der Waals surface area contributed by atoms with Gasteiger partial charge in [-0.05, 0) is 42.2 Å². The lowest BCUT2D eigenvalue weighted by Gasteiger charge is -2.37. The first-order valence-corrected chi connectivity index (χ1v) is 10.4. The summed E-state index contributed by atoms with van der Waals surface area (Å²) in [6.45, 7) is 8.06. The lowest BCUT2D eigenvalue weighted by atomic mass is 9.98. The second-order valence-electron chi connectivity index (χ2n) is 7.92. The maximum Gasteiger partial charge on any atom is 0.157 e. The Morgan fingerprint density at radius 3 is 2.63 bits per heavy atom. The van der Waals surface area contributed by atoms with E-state index < -0.39 is 0 Å². The number of aromatic nitrogens is 1. The van der Waals surface area contributed by atoms with E-state index in [0.717, 1.165) is 56.1 Å². The Bertz CT molecular complexity index is 895. The highest BCUT2D eigenvalue weighted by molar-refractivity contribution is 6.30. The van der Waals surface area contributed by atoms with Crippen LogP contribution in [-0.2, 0) is 13.0 Å². The van der Waals surface area contributed by atoms with Gasteiger partial charge in [0.25, 0.3) is 0 Å². The molecule has 9 heteroatoms. The SMILES string of the molecule is CC(C)Cc1cc(F)c(/C(N)=N/NN)c(N2CCN(Cc3cc(Cl)ccn3)CC2)c1. The van der Waals surface area contributed by atoms with Crippen molar-refractivity contribution in [2.24, 2.45) is 22.6 Å². The minimum Gasteiger partial charge on any atom is -0.382 e. The first-order valence-electron chi connectivity index (χ1n) is 10.1. The van der Waals surface area contributed by atoms with Gasteiger partial charge in [-0.3, -0.25) is 9.88 Å². The number of hydrazine groups is 1. The standard InChI is InChI=1S/C21H29ClFN7/c1-14(2)9-15-10-18(23)20(21(24)27-28-25)19(11-15)30-7-5-29(6-8-30)13-17-12-16(22)3-4-26-17/h3-4,10-12,14,28H,5-9,13,25H2,1-2H3,(H2,24,27). The summed E-state index contributed by atoms with van der Waals surface area (Å²) in [6, 6.07) is 7.21. The number of anilines is 1. The molecule has 1 aliphatic heterocycles. The molecule has 5 N–H and O–H groups in total. The van der Waals surface area contributed by atoms with Crippen LogP contribution in [0.2, 0.25) is 5.02 Å². The molecule has 0 radical (unpaired) electrons. The van der Waals surface area contributed by atoms with Crippen molar-refractivity contribution in [2.75, 3.05) is 31.1 Å². The van der Waals surface area contributed by atoms with Crippen molar-refractivity contribution in [3.63, 3.8) is 0 Å². The van der Waals surface area contributed by atoms with Crippen LogP contribution in [0.25, 0.3) is 0 Å². The van der Waals surface area contributed by atoms with Crippen LogP contribution in [0.3, 0.4) is 0 Å². The molecular formula is C21H29ClFN7. The van der Waals surface area contributed by atoms with Gasteiger partial charge in [-0.15, -0.1) is 5.10 Å². The van der Waals surface area contributed by atoms with Gasteiger partial charge in [0, 0.05) is 43.9 Å².